The maximum Gasteiger partial charge on any atom is 0.131 e. The first-order valence-corrected chi connectivity index (χ1v) is 8.19. The molecule has 0 aromatic carbocycles. The van der Waals surface area contributed by atoms with Crippen LogP contribution < -0.4 is 11.1 Å². The normalized spacial score (nSPS) is 20.6. The lowest BCUT2D eigenvalue weighted by atomic mass is 9.82. The van der Waals surface area contributed by atoms with Gasteiger partial charge in [-0.1, -0.05) is 25.7 Å². The van der Waals surface area contributed by atoms with Crippen molar-refractivity contribution in [1.82, 2.24) is 9.97 Å². The van der Waals surface area contributed by atoms with E-state index in [-0.39, 0.29) is 0 Å². The Bertz CT molecular complexity index is 436. The van der Waals surface area contributed by atoms with Crippen molar-refractivity contribution in [3.63, 3.8) is 0 Å². The molecule has 0 amide bonds. The summed E-state index contributed by atoms with van der Waals surface area (Å²) in [4.78, 5) is 9.60. The third-order valence-electron chi connectivity index (χ3n) is 4.76. The zero-order valence-electron chi connectivity index (χ0n) is 12.3. The molecule has 20 heavy (non-hydrogen) atoms. The second kappa shape index (κ2) is 6.53. The predicted molar refractivity (Wildman–Crippen MR) is 82.0 cm³/mol. The van der Waals surface area contributed by atoms with Gasteiger partial charge in [-0.05, 0) is 25.7 Å². The van der Waals surface area contributed by atoms with E-state index in [1.807, 2.05) is 6.20 Å². The van der Waals surface area contributed by atoms with Crippen LogP contribution in [0.5, 0.6) is 0 Å². The summed E-state index contributed by atoms with van der Waals surface area (Å²) in [7, 11) is 0. The highest BCUT2D eigenvalue weighted by atomic mass is 15.0. The van der Waals surface area contributed by atoms with Crippen LogP contribution in [0.1, 0.15) is 74.7 Å². The maximum atomic E-state index is 5.59. The number of hydrogen-bond acceptors (Lipinski definition) is 4. The Hall–Kier alpha value is -1.16. The van der Waals surface area contributed by atoms with E-state index in [0.717, 1.165) is 18.1 Å². The van der Waals surface area contributed by atoms with Crippen LogP contribution in [0.3, 0.4) is 0 Å². The average molecular weight is 274 g/mol. The van der Waals surface area contributed by atoms with E-state index in [1.165, 1.54) is 57.1 Å². The minimum atomic E-state index is 0.589. The molecule has 3 N–H and O–H groups in total. The summed E-state index contributed by atoms with van der Waals surface area (Å²) >= 11 is 0. The molecule has 0 spiro atoms. The number of aromatic nitrogens is 2. The molecule has 0 saturated heterocycles. The van der Waals surface area contributed by atoms with Gasteiger partial charge in [-0.3, -0.25) is 0 Å². The molecule has 0 radical (unpaired) electrons. The molecule has 2 fully saturated rings. The van der Waals surface area contributed by atoms with Gasteiger partial charge in [0.15, 0.2) is 0 Å². The lowest BCUT2D eigenvalue weighted by Gasteiger charge is -2.28. The second-order valence-corrected chi connectivity index (χ2v) is 6.21. The predicted octanol–water partition coefficient (Wildman–Crippen LogP) is 3.16. The summed E-state index contributed by atoms with van der Waals surface area (Å²) in [5.74, 6) is 2.32. The van der Waals surface area contributed by atoms with E-state index in [4.69, 9.17) is 10.7 Å². The number of hydrogen-bond donors (Lipinski definition) is 2. The number of nitrogens with two attached hydrogens (primary N) is 1. The van der Waals surface area contributed by atoms with Gasteiger partial charge in [-0.2, -0.15) is 0 Å². The first-order chi connectivity index (χ1) is 9.88. The van der Waals surface area contributed by atoms with Crippen LogP contribution in [0.15, 0.2) is 6.20 Å². The molecule has 0 aliphatic heterocycles. The van der Waals surface area contributed by atoms with E-state index >= 15 is 0 Å². The van der Waals surface area contributed by atoms with E-state index in [0.29, 0.717) is 18.4 Å². The SMILES string of the molecule is NCCNc1cnc(C2CCCCC2)nc1C1CCC1. The fourth-order valence-electron chi connectivity index (χ4n) is 3.30. The van der Waals surface area contributed by atoms with Gasteiger partial charge in [-0.25, -0.2) is 9.97 Å². The highest BCUT2D eigenvalue weighted by Gasteiger charge is 2.26. The van der Waals surface area contributed by atoms with Crippen LogP contribution in [-0.4, -0.2) is 23.1 Å². The average Bonchev–Trinajstić information content (AvgIpc) is 2.45. The molecule has 3 rings (SSSR count). The molecule has 2 aliphatic carbocycles. The third kappa shape index (κ3) is 2.95. The van der Waals surface area contributed by atoms with Gasteiger partial charge in [0.2, 0.25) is 0 Å². The Morgan fingerprint density at radius 1 is 1.05 bits per heavy atom. The summed E-state index contributed by atoms with van der Waals surface area (Å²) < 4.78 is 0. The highest BCUT2D eigenvalue weighted by molar-refractivity contribution is 5.48. The Morgan fingerprint density at radius 2 is 1.80 bits per heavy atom. The van der Waals surface area contributed by atoms with Crippen LogP contribution in [0.4, 0.5) is 5.69 Å². The van der Waals surface area contributed by atoms with Crippen molar-refractivity contribution >= 4 is 5.69 Å². The molecule has 1 heterocycles. The molecule has 1 aromatic heterocycles. The lowest BCUT2D eigenvalue weighted by Crippen LogP contribution is -2.20. The van der Waals surface area contributed by atoms with E-state index in [2.05, 4.69) is 10.3 Å². The topological polar surface area (TPSA) is 63.8 Å². The van der Waals surface area contributed by atoms with Gasteiger partial charge in [0.25, 0.3) is 0 Å². The van der Waals surface area contributed by atoms with Crippen molar-refractivity contribution in [3.05, 3.63) is 17.7 Å². The Labute approximate surface area is 121 Å². The van der Waals surface area contributed by atoms with Crippen molar-refractivity contribution in [1.29, 1.82) is 0 Å². The van der Waals surface area contributed by atoms with E-state index < -0.39 is 0 Å². The van der Waals surface area contributed by atoms with Crippen molar-refractivity contribution in [3.8, 4) is 0 Å². The monoisotopic (exact) mass is 274 g/mol. The standard InChI is InChI=1S/C16H26N4/c17-9-10-18-14-11-19-16(13-5-2-1-3-6-13)20-15(14)12-7-4-8-12/h11-13,18H,1-10,17H2. The Kier molecular flexibility index (Phi) is 4.51. The summed E-state index contributed by atoms with van der Waals surface area (Å²) in [6.45, 7) is 1.44. The van der Waals surface area contributed by atoms with Crippen LogP contribution in [0.2, 0.25) is 0 Å². The van der Waals surface area contributed by atoms with Crippen molar-refractivity contribution < 1.29 is 0 Å². The maximum absolute atomic E-state index is 5.59. The second-order valence-electron chi connectivity index (χ2n) is 6.21. The van der Waals surface area contributed by atoms with Crippen LogP contribution in [0, 0.1) is 0 Å². The minimum absolute atomic E-state index is 0.589. The Balaban J connectivity index is 1.81. The van der Waals surface area contributed by atoms with Gasteiger partial charge >= 0.3 is 0 Å². The summed E-state index contributed by atoms with van der Waals surface area (Å²) in [6.07, 6.45) is 12.5. The zero-order valence-corrected chi connectivity index (χ0v) is 12.3. The number of nitrogens with zero attached hydrogens (tertiary/aromatic N) is 2. The fraction of sp³-hybridized carbons (Fsp3) is 0.750. The number of nitrogens with one attached hydrogen (secondary N) is 1. The van der Waals surface area contributed by atoms with Gasteiger partial charge in [-0.15, -0.1) is 0 Å². The molecular formula is C16H26N4. The molecular weight excluding hydrogens is 248 g/mol. The highest BCUT2D eigenvalue weighted by Crippen LogP contribution is 2.40. The zero-order chi connectivity index (χ0) is 13.8. The van der Waals surface area contributed by atoms with Gasteiger partial charge in [0.1, 0.15) is 5.82 Å². The molecule has 2 aliphatic rings. The molecule has 0 bridgehead atoms. The van der Waals surface area contributed by atoms with E-state index in [1.54, 1.807) is 0 Å². The first-order valence-electron chi connectivity index (χ1n) is 8.19. The van der Waals surface area contributed by atoms with Crippen LogP contribution >= 0.6 is 0 Å². The van der Waals surface area contributed by atoms with Crippen molar-refractivity contribution in [2.75, 3.05) is 18.4 Å². The van der Waals surface area contributed by atoms with Crippen LogP contribution in [0.25, 0.3) is 0 Å². The smallest absolute Gasteiger partial charge is 0.131 e. The molecule has 0 atom stereocenters. The fourth-order valence-corrected chi connectivity index (χ4v) is 3.30. The minimum Gasteiger partial charge on any atom is -0.381 e. The summed E-state index contributed by atoms with van der Waals surface area (Å²) in [5.41, 5.74) is 7.95. The van der Waals surface area contributed by atoms with Crippen molar-refractivity contribution in [2.24, 2.45) is 5.73 Å². The molecule has 1 aromatic rings. The van der Waals surface area contributed by atoms with Crippen LogP contribution in [-0.2, 0) is 0 Å². The third-order valence-corrected chi connectivity index (χ3v) is 4.76. The molecule has 0 unspecified atom stereocenters. The molecule has 2 saturated carbocycles. The van der Waals surface area contributed by atoms with Gasteiger partial charge < -0.3 is 11.1 Å². The first kappa shape index (κ1) is 13.8. The lowest BCUT2D eigenvalue weighted by molar-refractivity contribution is 0.400. The quantitative estimate of drug-likeness (QED) is 0.865. The molecule has 4 heteroatoms. The Morgan fingerprint density at radius 3 is 2.45 bits per heavy atom. The van der Waals surface area contributed by atoms with Crippen molar-refractivity contribution in [2.45, 2.75) is 63.2 Å². The van der Waals surface area contributed by atoms with E-state index in [9.17, 15) is 0 Å². The van der Waals surface area contributed by atoms with Gasteiger partial charge in [0, 0.05) is 24.9 Å². The molecule has 110 valence electrons. The molecule has 4 nitrogen and oxygen atoms in total. The number of anilines is 1. The largest absolute Gasteiger partial charge is 0.381 e. The summed E-state index contributed by atoms with van der Waals surface area (Å²) in [5, 5.41) is 3.39. The summed E-state index contributed by atoms with van der Waals surface area (Å²) in [6, 6.07) is 0. The number of rotatable bonds is 5. The van der Waals surface area contributed by atoms with Gasteiger partial charge in [0.05, 0.1) is 17.6 Å².